The Hall–Kier alpha value is -2.12. The van der Waals surface area contributed by atoms with Gasteiger partial charge in [-0.3, -0.25) is 14.9 Å². The maximum atomic E-state index is 10.2. The maximum absolute atomic E-state index is 10.2. The van der Waals surface area contributed by atoms with Crippen LogP contribution in [0.25, 0.3) is 0 Å². The molecule has 1 fully saturated rings. The molecular weight excluding hydrogens is 268 g/mol. The van der Waals surface area contributed by atoms with E-state index in [1.54, 1.807) is 31.0 Å². The minimum Gasteiger partial charge on any atom is -0.391 e. The first-order valence-electron chi connectivity index (χ1n) is 6.92. The van der Waals surface area contributed by atoms with Crippen molar-refractivity contribution < 1.29 is 5.11 Å². The van der Waals surface area contributed by atoms with Crippen molar-refractivity contribution in [2.24, 2.45) is 5.92 Å². The average Bonchev–Trinajstić information content (AvgIpc) is 2.82. The fraction of sp³-hybridized carbons (Fsp3) is 0.429. The number of β-amino-alcohol motifs (C(OH)–C–C–N with tert-alkyl or cyclic N) is 1. The monoisotopic (exact) mass is 286 g/mol. The van der Waals surface area contributed by atoms with Crippen molar-refractivity contribution in [1.29, 1.82) is 0 Å². The zero-order valence-corrected chi connectivity index (χ0v) is 11.6. The number of aliphatic hydroxyl groups is 1. The Morgan fingerprint density at radius 1 is 1.14 bits per heavy atom. The lowest BCUT2D eigenvalue weighted by Gasteiger charge is -2.15. The van der Waals surface area contributed by atoms with Crippen molar-refractivity contribution in [2.45, 2.75) is 19.1 Å². The molecule has 21 heavy (non-hydrogen) atoms. The summed E-state index contributed by atoms with van der Waals surface area (Å²) >= 11 is 0. The number of likely N-dealkylation sites (tertiary alicyclic amines) is 1. The highest BCUT2D eigenvalue weighted by molar-refractivity contribution is 5.17. The van der Waals surface area contributed by atoms with Crippen molar-refractivity contribution >= 4 is 5.95 Å². The Balaban J connectivity index is 1.59. The SMILES string of the molecule is Nc1ncc(CN2C[C@@H](Cc3cnccn3)[C@H](O)C2)cn1. The van der Waals surface area contributed by atoms with Crippen molar-refractivity contribution in [2.75, 3.05) is 18.8 Å². The lowest BCUT2D eigenvalue weighted by atomic mass is 10.0. The van der Waals surface area contributed by atoms with Gasteiger partial charge in [-0.15, -0.1) is 0 Å². The van der Waals surface area contributed by atoms with Gasteiger partial charge in [0, 0.05) is 62.1 Å². The predicted molar refractivity (Wildman–Crippen MR) is 77.0 cm³/mol. The molecule has 1 aliphatic rings. The zero-order valence-electron chi connectivity index (χ0n) is 11.6. The Bertz CT molecular complexity index is 576. The molecule has 1 aliphatic heterocycles. The van der Waals surface area contributed by atoms with Crippen molar-refractivity contribution in [3.63, 3.8) is 0 Å². The largest absolute Gasteiger partial charge is 0.391 e. The van der Waals surface area contributed by atoms with E-state index in [-0.39, 0.29) is 18.0 Å². The third-order valence-electron chi connectivity index (χ3n) is 3.70. The molecule has 7 nitrogen and oxygen atoms in total. The van der Waals surface area contributed by atoms with Gasteiger partial charge in [-0.05, 0) is 6.42 Å². The quantitative estimate of drug-likeness (QED) is 0.808. The second-order valence-electron chi connectivity index (χ2n) is 5.37. The number of nitrogens with zero attached hydrogens (tertiary/aromatic N) is 5. The number of aliphatic hydroxyl groups excluding tert-OH is 1. The minimum atomic E-state index is -0.346. The summed E-state index contributed by atoms with van der Waals surface area (Å²) in [5, 5.41) is 10.2. The van der Waals surface area contributed by atoms with Crippen LogP contribution in [0.1, 0.15) is 11.3 Å². The smallest absolute Gasteiger partial charge is 0.219 e. The number of aromatic nitrogens is 4. The molecule has 110 valence electrons. The van der Waals surface area contributed by atoms with E-state index in [2.05, 4.69) is 24.8 Å². The standard InChI is InChI=1S/C14H18N6O/c15-14-18-4-10(5-19-14)7-20-8-11(13(21)9-20)3-12-6-16-1-2-17-12/h1-2,4-6,11,13,21H,3,7-9H2,(H2,15,18,19)/t11-,13-/m1/s1. The molecular formula is C14H18N6O. The van der Waals surface area contributed by atoms with E-state index in [4.69, 9.17) is 5.73 Å². The van der Waals surface area contributed by atoms with Gasteiger partial charge in [0.1, 0.15) is 0 Å². The molecule has 0 saturated carbocycles. The summed E-state index contributed by atoms with van der Waals surface area (Å²) in [6.07, 6.45) is 8.94. The van der Waals surface area contributed by atoms with E-state index in [1.807, 2.05) is 0 Å². The molecule has 2 aromatic rings. The number of rotatable bonds is 4. The van der Waals surface area contributed by atoms with Crippen molar-refractivity contribution in [3.05, 3.63) is 42.2 Å². The molecule has 0 aliphatic carbocycles. The second kappa shape index (κ2) is 6.11. The highest BCUT2D eigenvalue weighted by atomic mass is 16.3. The molecule has 0 bridgehead atoms. The summed E-state index contributed by atoms with van der Waals surface area (Å²) < 4.78 is 0. The fourth-order valence-electron chi connectivity index (χ4n) is 2.68. The van der Waals surface area contributed by atoms with Gasteiger partial charge in [0.05, 0.1) is 11.8 Å². The maximum Gasteiger partial charge on any atom is 0.219 e. The number of anilines is 1. The highest BCUT2D eigenvalue weighted by Gasteiger charge is 2.31. The van der Waals surface area contributed by atoms with Gasteiger partial charge in [0.25, 0.3) is 0 Å². The van der Waals surface area contributed by atoms with E-state index in [9.17, 15) is 5.11 Å². The number of hydrogen-bond acceptors (Lipinski definition) is 7. The molecule has 1 saturated heterocycles. The van der Waals surface area contributed by atoms with Crippen LogP contribution in [0.2, 0.25) is 0 Å². The first kappa shape index (κ1) is 13.8. The highest BCUT2D eigenvalue weighted by Crippen LogP contribution is 2.22. The average molecular weight is 286 g/mol. The molecule has 0 spiro atoms. The van der Waals surface area contributed by atoms with Crippen LogP contribution < -0.4 is 5.73 Å². The van der Waals surface area contributed by atoms with Crippen LogP contribution in [0, 0.1) is 5.92 Å². The van der Waals surface area contributed by atoms with Gasteiger partial charge >= 0.3 is 0 Å². The van der Waals surface area contributed by atoms with Crippen LogP contribution in [0.5, 0.6) is 0 Å². The minimum absolute atomic E-state index is 0.177. The summed E-state index contributed by atoms with van der Waals surface area (Å²) in [5.74, 6) is 0.456. The van der Waals surface area contributed by atoms with Crippen LogP contribution >= 0.6 is 0 Å². The second-order valence-corrected chi connectivity index (χ2v) is 5.37. The van der Waals surface area contributed by atoms with E-state index in [0.717, 1.165) is 24.2 Å². The third-order valence-corrected chi connectivity index (χ3v) is 3.70. The molecule has 7 heteroatoms. The third kappa shape index (κ3) is 3.50. The number of nitrogens with two attached hydrogens (primary N) is 1. The predicted octanol–water partition coefficient (Wildman–Crippen LogP) is -0.116. The van der Waals surface area contributed by atoms with Crippen LogP contribution in [-0.2, 0) is 13.0 Å². The molecule has 3 heterocycles. The zero-order chi connectivity index (χ0) is 14.7. The molecule has 0 radical (unpaired) electrons. The lowest BCUT2D eigenvalue weighted by molar-refractivity contribution is 0.140. The Morgan fingerprint density at radius 2 is 1.95 bits per heavy atom. The van der Waals surface area contributed by atoms with E-state index in [1.165, 1.54) is 0 Å². The summed E-state index contributed by atoms with van der Waals surface area (Å²) in [6.45, 7) is 2.19. The number of nitrogen functional groups attached to an aromatic ring is 1. The van der Waals surface area contributed by atoms with Gasteiger partial charge in [-0.25, -0.2) is 9.97 Å². The van der Waals surface area contributed by atoms with Crippen LogP contribution in [0.15, 0.2) is 31.0 Å². The van der Waals surface area contributed by atoms with Crippen molar-refractivity contribution in [3.8, 4) is 0 Å². The van der Waals surface area contributed by atoms with Gasteiger partial charge in [0.2, 0.25) is 5.95 Å². The van der Waals surface area contributed by atoms with Crippen LogP contribution in [0.3, 0.4) is 0 Å². The van der Waals surface area contributed by atoms with Gasteiger partial charge in [0.15, 0.2) is 0 Å². The van der Waals surface area contributed by atoms with Crippen LogP contribution in [0.4, 0.5) is 5.95 Å². The summed E-state index contributed by atoms with van der Waals surface area (Å²) in [6, 6.07) is 0. The van der Waals surface area contributed by atoms with Gasteiger partial charge in [-0.1, -0.05) is 0 Å². The first-order valence-corrected chi connectivity index (χ1v) is 6.92. The normalized spacial score (nSPS) is 22.5. The molecule has 2 atom stereocenters. The molecule has 0 amide bonds. The lowest BCUT2D eigenvalue weighted by Crippen LogP contribution is -2.21. The van der Waals surface area contributed by atoms with E-state index >= 15 is 0 Å². The van der Waals surface area contributed by atoms with E-state index < -0.39 is 0 Å². The molecule has 0 unspecified atom stereocenters. The first-order chi connectivity index (χ1) is 10.2. The van der Waals surface area contributed by atoms with Gasteiger partial charge in [-0.2, -0.15) is 0 Å². The van der Waals surface area contributed by atoms with Crippen molar-refractivity contribution in [1.82, 2.24) is 24.8 Å². The molecule has 3 rings (SSSR count). The fourth-order valence-corrected chi connectivity index (χ4v) is 2.68. The summed E-state index contributed by atoms with van der Waals surface area (Å²) in [7, 11) is 0. The summed E-state index contributed by atoms with van der Waals surface area (Å²) in [4.78, 5) is 18.5. The molecule has 3 N–H and O–H groups in total. The molecule has 2 aromatic heterocycles. The molecule has 0 aromatic carbocycles. The number of hydrogen-bond donors (Lipinski definition) is 2. The van der Waals surface area contributed by atoms with Crippen LogP contribution in [-0.4, -0.2) is 49.1 Å². The topological polar surface area (TPSA) is 101 Å². The Morgan fingerprint density at radius 3 is 2.67 bits per heavy atom. The van der Waals surface area contributed by atoms with E-state index in [0.29, 0.717) is 13.1 Å². The Kier molecular flexibility index (Phi) is 4.03. The summed E-state index contributed by atoms with van der Waals surface area (Å²) in [5.41, 5.74) is 7.39. The Labute approximate surface area is 122 Å². The van der Waals surface area contributed by atoms with Gasteiger partial charge < -0.3 is 10.8 Å².